The predicted octanol–water partition coefficient (Wildman–Crippen LogP) is 4.84. The topological polar surface area (TPSA) is 85.3 Å². The van der Waals surface area contributed by atoms with Gasteiger partial charge in [-0.15, -0.1) is 0 Å². The third-order valence-corrected chi connectivity index (χ3v) is 5.26. The summed E-state index contributed by atoms with van der Waals surface area (Å²) in [7, 11) is 0. The van der Waals surface area contributed by atoms with Crippen molar-refractivity contribution in [2.45, 2.75) is 33.1 Å². The minimum absolute atomic E-state index is 0.0467. The first-order chi connectivity index (χ1) is 14.2. The maximum atomic E-state index is 12.8. The van der Waals surface area contributed by atoms with Crippen molar-refractivity contribution in [1.29, 1.82) is 0 Å². The van der Waals surface area contributed by atoms with Gasteiger partial charge in [0, 0.05) is 29.2 Å². The molecule has 0 unspecified atom stereocenters. The molecule has 0 bridgehead atoms. The lowest BCUT2D eigenvalue weighted by molar-refractivity contribution is 0.102. The number of nitrogens with zero attached hydrogens (tertiary/aromatic N) is 3. The van der Waals surface area contributed by atoms with E-state index >= 15 is 0 Å². The fourth-order valence-electron chi connectivity index (χ4n) is 3.44. The molecule has 0 atom stereocenters. The molecule has 0 fully saturated rings. The molecule has 0 aliphatic rings. The van der Waals surface area contributed by atoms with Gasteiger partial charge in [0.05, 0.1) is 11.4 Å². The summed E-state index contributed by atoms with van der Waals surface area (Å²) in [5.74, 6) is -0.145. The predicted molar refractivity (Wildman–Crippen MR) is 121 cm³/mol. The van der Waals surface area contributed by atoms with Crippen molar-refractivity contribution in [3.63, 3.8) is 0 Å². The Morgan fingerprint density at radius 1 is 1.10 bits per heavy atom. The van der Waals surface area contributed by atoms with Crippen molar-refractivity contribution >= 4 is 22.9 Å². The van der Waals surface area contributed by atoms with Gasteiger partial charge in [0.1, 0.15) is 0 Å². The summed E-state index contributed by atoms with van der Waals surface area (Å²) in [6, 6.07) is 15.3. The average Bonchev–Trinajstić information content (AvgIpc) is 3.18. The Hall–Kier alpha value is -3.67. The van der Waals surface area contributed by atoms with Crippen LogP contribution < -0.4 is 11.1 Å². The van der Waals surface area contributed by atoms with Crippen LogP contribution in [0.4, 0.5) is 11.4 Å². The number of hydrogen-bond acceptors (Lipinski definition) is 4. The number of nitrogens with two attached hydrogens (primary N) is 1. The summed E-state index contributed by atoms with van der Waals surface area (Å²) in [5.41, 5.74) is 12.5. The van der Waals surface area contributed by atoms with Crippen molar-refractivity contribution in [3.05, 3.63) is 77.6 Å². The Balaban J connectivity index is 1.63. The molecule has 152 valence electrons. The van der Waals surface area contributed by atoms with Crippen LogP contribution in [0.1, 0.15) is 42.3 Å². The fourth-order valence-corrected chi connectivity index (χ4v) is 3.44. The van der Waals surface area contributed by atoms with E-state index in [2.05, 4.69) is 36.2 Å². The Bertz CT molecular complexity index is 1230. The van der Waals surface area contributed by atoms with Crippen LogP contribution in [0.15, 0.2) is 60.9 Å². The molecule has 30 heavy (non-hydrogen) atoms. The van der Waals surface area contributed by atoms with E-state index in [1.807, 2.05) is 55.5 Å². The molecule has 0 radical (unpaired) electrons. The second-order valence-corrected chi connectivity index (χ2v) is 8.44. The number of carbonyl (C=O) groups excluding carboxylic acids is 1. The van der Waals surface area contributed by atoms with Crippen LogP contribution in [0.3, 0.4) is 0 Å². The minimum atomic E-state index is -0.145. The van der Waals surface area contributed by atoms with Crippen LogP contribution in [0.2, 0.25) is 0 Å². The molecule has 6 heteroatoms. The van der Waals surface area contributed by atoms with Crippen LogP contribution >= 0.6 is 0 Å². The fraction of sp³-hybridized carbons (Fsp3) is 0.208. The zero-order valence-electron chi connectivity index (χ0n) is 17.6. The maximum absolute atomic E-state index is 12.8. The highest BCUT2D eigenvalue weighted by molar-refractivity contribution is 6.05. The van der Waals surface area contributed by atoms with Crippen molar-refractivity contribution < 1.29 is 4.79 Å². The maximum Gasteiger partial charge on any atom is 0.255 e. The number of aromatic nitrogens is 3. The molecule has 0 aliphatic carbocycles. The second-order valence-electron chi connectivity index (χ2n) is 8.44. The molecule has 4 rings (SSSR count). The largest absolute Gasteiger partial charge is 0.396 e. The Morgan fingerprint density at radius 2 is 1.83 bits per heavy atom. The number of carbonyl (C=O) groups is 1. The number of nitrogens with one attached hydrogen (secondary N) is 1. The zero-order chi connectivity index (χ0) is 21.5. The van der Waals surface area contributed by atoms with Crippen LogP contribution in [0.5, 0.6) is 0 Å². The van der Waals surface area contributed by atoms with E-state index in [4.69, 9.17) is 5.73 Å². The van der Waals surface area contributed by atoms with Crippen LogP contribution in [0, 0.1) is 6.92 Å². The highest BCUT2D eigenvalue weighted by Crippen LogP contribution is 2.29. The summed E-state index contributed by atoms with van der Waals surface area (Å²) >= 11 is 0. The summed E-state index contributed by atoms with van der Waals surface area (Å²) in [6.45, 7) is 8.42. The lowest BCUT2D eigenvalue weighted by Gasteiger charge is -2.19. The highest BCUT2D eigenvalue weighted by atomic mass is 16.1. The van der Waals surface area contributed by atoms with E-state index < -0.39 is 0 Å². The Morgan fingerprint density at radius 3 is 2.53 bits per heavy atom. The summed E-state index contributed by atoms with van der Waals surface area (Å²) in [4.78, 5) is 17.0. The minimum Gasteiger partial charge on any atom is -0.396 e. The van der Waals surface area contributed by atoms with E-state index in [1.165, 1.54) is 5.56 Å². The van der Waals surface area contributed by atoms with E-state index in [9.17, 15) is 4.79 Å². The van der Waals surface area contributed by atoms with Crippen molar-refractivity contribution in [2.75, 3.05) is 11.1 Å². The Kier molecular flexibility index (Phi) is 4.78. The molecule has 6 nitrogen and oxygen atoms in total. The van der Waals surface area contributed by atoms with Crippen LogP contribution in [-0.2, 0) is 5.41 Å². The van der Waals surface area contributed by atoms with Crippen molar-refractivity contribution in [1.82, 2.24) is 14.6 Å². The van der Waals surface area contributed by atoms with Gasteiger partial charge in [-0.1, -0.05) is 45.0 Å². The third kappa shape index (κ3) is 3.64. The van der Waals surface area contributed by atoms with Gasteiger partial charge in [0.2, 0.25) is 0 Å². The number of fused-ring (bicyclic) bond motifs is 1. The van der Waals surface area contributed by atoms with Crippen molar-refractivity contribution in [3.8, 4) is 11.3 Å². The molecule has 0 spiro atoms. The lowest BCUT2D eigenvalue weighted by Crippen LogP contribution is -2.15. The summed E-state index contributed by atoms with van der Waals surface area (Å²) in [6.07, 6.45) is 3.42. The molecule has 0 saturated heterocycles. The van der Waals surface area contributed by atoms with Gasteiger partial charge in [0.15, 0.2) is 5.65 Å². The zero-order valence-corrected chi connectivity index (χ0v) is 17.6. The van der Waals surface area contributed by atoms with E-state index in [1.54, 1.807) is 16.9 Å². The van der Waals surface area contributed by atoms with Gasteiger partial charge in [-0.05, 0) is 47.7 Å². The van der Waals surface area contributed by atoms with Gasteiger partial charge < -0.3 is 11.1 Å². The molecule has 0 saturated carbocycles. The van der Waals surface area contributed by atoms with Crippen LogP contribution in [0.25, 0.3) is 16.9 Å². The number of imidazole rings is 1. The molecule has 4 aromatic rings. The number of anilines is 2. The molecule has 2 aromatic heterocycles. The SMILES string of the molecule is Cc1c(NC(=O)c2ccc(C(C)(C)C)cc2)cccc1-c1cc(N)c2nccn2n1. The first kappa shape index (κ1) is 19.6. The van der Waals surface area contributed by atoms with Gasteiger partial charge >= 0.3 is 0 Å². The smallest absolute Gasteiger partial charge is 0.255 e. The third-order valence-electron chi connectivity index (χ3n) is 5.26. The highest BCUT2D eigenvalue weighted by Gasteiger charge is 2.16. The lowest BCUT2D eigenvalue weighted by atomic mass is 9.86. The van der Waals surface area contributed by atoms with E-state index in [-0.39, 0.29) is 11.3 Å². The van der Waals surface area contributed by atoms with Gasteiger partial charge in [-0.25, -0.2) is 9.50 Å². The number of nitrogen functional groups attached to an aromatic ring is 1. The van der Waals surface area contributed by atoms with E-state index in [0.29, 0.717) is 16.9 Å². The average molecular weight is 399 g/mol. The molecule has 2 aromatic carbocycles. The molecule has 2 heterocycles. The standard InChI is InChI=1S/C24H25N5O/c1-15-18(21-14-19(25)22-26-12-13-29(22)28-21)6-5-7-20(15)27-23(30)16-8-10-17(11-9-16)24(2,3)4/h5-14H,25H2,1-4H3,(H,27,30). The number of amides is 1. The first-order valence-corrected chi connectivity index (χ1v) is 9.86. The molecular formula is C24H25N5O. The first-order valence-electron chi connectivity index (χ1n) is 9.86. The molecule has 1 amide bonds. The Labute approximate surface area is 175 Å². The van der Waals surface area contributed by atoms with Crippen molar-refractivity contribution in [2.24, 2.45) is 0 Å². The normalized spacial score (nSPS) is 11.6. The molecule has 0 aliphatic heterocycles. The number of rotatable bonds is 3. The van der Waals surface area contributed by atoms with Gasteiger partial charge in [-0.3, -0.25) is 4.79 Å². The van der Waals surface area contributed by atoms with Crippen LogP contribution in [-0.4, -0.2) is 20.5 Å². The quantitative estimate of drug-likeness (QED) is 0.516. The van der Waals surface area contributed by atoms with E-state index in [0.717, 1.165) is 22.5 Å². The monoisotopic (exact) mass is 399 g/mol. The number of benzene rings is 2. The molecular weight excluding hydrogens is 374 g/mol. The van der Waals surface area contributed by atoms with Gasteiger partial charge in [-0.2, -0.15) is 5.10 Å². The molecule has 3 N–H and O–H groups in total. The van der Waals surface area contributed by atoms with Gasteiger partial charge in [0.25, 0.3) is 5.91 Å². The number of hydrogen-bond donors (Lipinski definition) is 2. The summed E-state index contributed by atoms with van der Waals surface area (Å²) < 4.78 is 1.66. The summed E-state index contributed by atoms with van der Waals surface area (Å²) in [5, 5.41) is 7.62. The second kappa shape index (κ2) is 7.30.